The van der Waals surface area contributed by atoms with Gasteiger partial charge >= 0.3 is 0 Å². The molecule has 3 rings (SSSR count). The van der Waals surface area contributed by atoms with Crippen LogP contribution in [-0.2, 0) is 16.1 Å². The summed E-state index contributed by atoms with van der Waals surface area (Å²) in [5, 5.41) is 14.8. The molecule has 0 spiro atoms. The molecule has 6 heteroatoms. The Morgan fingerprint density at radius 2 is 1.97 bits per heavy atom. The van der Waals surface area contributed by atoms with Gasteiger partial charge < -0.3 is 14.7 Å². The molecule has 0 fully saturated rings. The van der Waals surface area contributed by atoms with E-state index in [4.69, 9.17) is 9.57 Å². The molecule has 2 atom stereocenters. The normalized spacial score (nSPS) is 17.7. The van der Waals surface area contributed by atoms with Gasteiger partial charge in [0.15, 0.2) is 0 Å². The molecule has 0 radical (unpaired) electrons. The monoisotopic (exact) mass is 414 g/mol. The molecule has 0 bridgehead atoms. The summed E-state index contributed by atoms with van der Waals surface area (Å²) < 4.78 is 19.4. The van der Waals surface area contributed by atoms with E-state index in [-0.39, 0.29) is 24.1 Å². The molecule has 1 aliphatic rings. The van der Waals surface area contributed by atoms with E-state index >= 15 is 0 Å². The van der Waals surface area contributed by atoms with E-state index in [9.17, 15) is 9.50 Å². The van der Waals surface area contributed by atoms with Crippen molar-refractivity contribution in [1.82, 2.24) is 4.90 Å². The minimum Gasteiger partial charge on any atom is -0.390 e. The zero-order chi connectivity index (χ0) is 21.6. The lowest BCUT2D eigenvalue weighted by atomic mass is 10.0. The molecule has 0 aliphatic carbocycles. The fraction of sp³-hybridized carbons (Fsp3) is 0.458. The van der Waals surface area contributed by atoms with Crippen LogP contribution in [0.1, 0.15) is 38.3 Å². The number of aliphatic hydroxyl groups is 1. The van der Waals surface area contributed by atoms with Crippen LogP contribution in [0.25, 0.3) is 0 Å². The first-order valence-electron chi connectivity index (χ1n) is 10.4. The van der Waals surface area contributed by atoms with Crippen LogP contribution >= 0.6 is 0 Å². The first-order chi connectivity index (χ1) is 14.3. The van der Waals surface area contributed by atoms with E-state index in [1.165, 1.54) is 12.1 Å². The number of oxime groups is 1. The van der Waals surface area contributed by atoms with Crippen LogP contribution < -0.4 is 0 Å². The largest absolute Gasteiger partial charge is 0.390 e. The SMILES string of the molecule is CC(C)(C)OC[C@@H](O)CN(Cc1cccc(F)c1)C[C@@H]1CC(c2ccccc2)=NO1. The average Bonchev–Trinajstić information content (AvgIpc) is 3.15. The number of rotatable bonds is 9. The molecular formula is C24H31FN2O3. The molecule has 5 nitrogen and oxygen atoms in total. The molecular weight excluding hydrogens is 383 g/mol. The molecule has 0 amide bonds. The highest BCUT2D eigenvalue weighted by Gasteiger charge is 2.26. The first kappa shape index (κ1) is 22.4. The van der Waals surface area contributed by atoms with Crippen molar-refractivity contribution in [1.29, 1.82) is 0 Å². The Morgan fingerprint density at radius 1 is 1.20 bits per heavy atom. The average molecular weight is 415 g/mol. The van der Waals surface area contributed by atoms with Gasteiger partial charge in [0.05, 0.1) is 24.0 Å². The summed E-state index contributed by atoms with van der Waals surface area (Å²) in [5.74, 6) is -0.268. The van der Waals surface area contributed by atoms with E-state index < -0.39 is 6.10 Å². The van der Waals surface area contributed by atoms with Crippen molar-refractivity contribution in [3.8, 4) is 0 Å². The number of nitrogens with zero attached hydrogens (tertiary/aromatic N) is 2. The van der Waals surface area contributed by atoms with Crippen molar-refractivity contribution >= 4 is 5.71 Å². The minimum absolute atomic E-state index is 0.121. The molecule has 162 valence electrons. The van der Waals surface area contributed by atoms with Gasteiger partial charge in [0, 0.05) is 26.1 Å². The third-order valence-electron chi connectivity index (χ3n) is 4.77. The third-order valence-corrected chi connectivity index (χ3v) is 4.77. The lowest BCUT2D eigenvalue weighted by Gasteiger charge is -2.28. The minimum atomic E-state index is -0.659. The summed E-state index contributed by atoms with van der Waals surface area (Å²) in [5.41, 5.74) is 2.50. The lowest BCUT2D eigenvalue weighted by molar-refractivity contribution is -0.0600. The Bertz CT molecular complexity index is 836. The van der Waals surface area contributed by atoms with Crippen molar-refractivity contribution < 1.29 is 19.1 Å². The van der Waals surface area contributed by atoms with Gasteiger partial charge in [0.1, 0.15) is 11.9 Å². The highest BCUT2D eigenvalue weighted by Crippen LogP contribution is 2.19. The maximum absolute atomic E-state index is 13.6. The second-order valence-electron chi connectivity index (χ2n) is 8.74. The summed E-state index contributed by atoms with van der Waals surface area (Å²) in [4.78, 5) is 7.74. The van der Waals surface area contributed by atoms with Gasteiger partial charge in [-0.15, -0.1) is 0 Å². The summed E-state index contributed by atoms with van der Waals surface area (Å²) >= 11 is 0. The highest BCUT2D eigenvalue weighted by atomic mass is 19.1. The third kappa shape index (κ3) is 7.20. The number of hydrogen-bond donors (Lipinski definition) is 1. The smallest absolute Gasteiger partial charge is 0.145 e. The molecule has 0 saturated heterocycles. The van der Waals surface area contributed by atoms with Gasteiger partial charge in [-0.05, 0) is 44.0 Å². The standard InChI is InChI=1S/C24H31FN2O3/c1-24(2,3)29-17-21(28)15-27(14-18-8-7-11-20(25)12-18)16-22-13-23(26-30-22)19-9-5-4-6-10-19/h4-12,21-22,28H,13-17H2,1-3H3/t21-,22-/m0/s1. The Kier molecular flexibility index (Phi) is 7.58. The summed E-state index contributed by atoms with van der Waals surface area (Å²) in [6.07, 6.45) is -0.0867. The molecule has 2 aromatic rings. The fourth-order valence-corrected chi connectivity index (χ4v) is 3.41. The molecule has 1 aliphatic heterocycles. The van der Waals surface area contributed by atoms with Crippen molar-refractivity contribution in [2.24, 2.45) is 5.16 Å². The van der Waals surface area contributed by atoms with E-state index in [0.29, 0.717) is 26.1 Å². The van der Waals surface area contributed by atoms with Gasteiger partial charge in [0.2, 0.25) is 0 Å². The number of hydrogen-bond acceptors (Lipinski definition) is 5. The molecule has 1 heterocycles. The highest BCUT2D eigenvalue weighted by molar-refractivity contribution is 6.01. The quantitative estimate of drug-likeness (QED) is 0.674. The maximum atomic E-state index is 13.6. The van der Waals surface area contributed by atoms with Crippen LogP contribution in [0.15, 0.2) is 59.8 Å². The van der Waals surface area contributed by atoms with Crippen LogP contribution in [0.3, 0.4) is 0 Å². The molecule has 1 N–H and O–H groups in total. The molecule has 30 heavy (non-hydrogen) atoms. The topological polar surface area (TPSA) is 54.3 Å². The predicted octanol–water partition coefficient (Wildman–Crippen LogP) is 4.00. The zero-order valence-electron chi connectivity index (χ0n) is 17.9. The molecule has 0 saturated carbocycles. The van der Waals surface area contributed by atoms with E-state index in [1.54, 1.807) is 6.07 Å². The Labute approximate surface area is 178 Å². The van der Waals surface area contributed by atoms with E-state index in [2.05, 4.69) is 10.1 Å². The van der Waals surface area contributed by atoms with Gasteiger partial charge in [-0.25, -0.2) is 4.39 Å². The van der Waals surface area contributed by atoms with E-state index in [1.807, 2.05) is 57.2 Å². The molecule has 0 aromatic heterocycles. The van der Waals surface area contributed by atoms with Crippen LogP contribution in [0.4, 0.5) is 4.39 Å². The van der Waals surface area contributed by atoms with Crippen molar-refractivity contribution in [3.05, 3.63) is 71.5 Å². The van der Waals surface area contributed by atoms with Crippen LogP contribution in [0.5, 0.6) is 0 Å². The summed E-state index contributed by atoms with van der Waals surface area (Å²) in [6.45, 7) is 7.58. The predicted molar refractivity (Wildman–Crippen MR) is 116 cm³/mol. The molecule has 2 aromatic carbocycles. The maximum Gasteiger partial charge on any atom is 0.145 e. The van der Waals surface area contributed by atoms with Crippen molar-refractivity contribution in [3.63, 3.8) is 0 Å². The lowest BCUT2D eigenvalue weighted by Crippen LogP contribution is -2.40. The Hall–Kier alpha value is -2.28. The van der Waals surface area contributed by atoms with Crippen molar-refractivity contribution in [2.75, 3.05) is 19.7 Å². The summed E-state index contributed by atoms with van der Waals surface area (Å²) in [6, 6.07) is 16.5. The zero-order valence-corrected chi connectivity index (χ0v) is 17.9. The van der Waals surface area contributed by atoms with Crippen LogP contribution in [0.2, 0.25) is 0 Å². The van der Waals surface area contributed by atoms with Crippen LogP contribution in [0, 0.1) is 5.82 Å². The van der Waals surface area contributed by atoms with E-state index in [0.717, 1.165) is 16.8 Å². The second-order valence-corrected chi connectivity index (χ2v) is 8.74. The number of halogens is 1. The fourth-order valence-electron chi connectivity index (χ4n) is 3.41. The first-order valence-corrected chi connectivity index (χ1v) is 10.4. The van der Waals surface area contributed by atoms with Crippen LogP contribution in [-0.4, -0.2) is 53.2 Å². The van der Waals surface area contributed by atoms with Gasteiger partial charge in [0.25, 0.3) is 0 Å². The number of aliphatic hydroxyl groups excluding tert-OH is 1. The second kappa shape index (κ2) is 10.2. The van der Waals surface area contributed by atoms with Crippen molar-refractivity contribution in [2.45, 2.75) is 51.5 Å². The van der Waals surface area contributed by atoms with Gasteiger partial charge in [-0.3, -0.25) is 4.90 Å². The molecule has 0 unspecified atom stereocenters. The number of ether oxygens (including phenoxy) is 1. The number of benzene rings is 2. The Morgan fingerprint density at radius 3 is 2.67 bits per heavy atom. The van der Waals surface area contributed by atoms with Gasteiger partial charge in [-0.2, -0.15) is 0 Å². The van der Waals surface area contributed by atoms with Gasteiger partial charge in [-0.1, -0.05) is 47.6 Å². The Balaban J connectivity index is 1.62. The summed E-state index contributed by atoms with van der Waals surface area (Å²) in [7, 11) is 0.